The number of esters is 2. The standard InChI is InChI=1S/C36H52O8/c1-30(2,3)22-36(34(12,13)44-36)43-29(38)35(39,42-28(37)31(4,5)6)23-40-26-18-14-24(15-19-26)33(10,11)25-16-20-27(21-17-25)41-32(7,8)9/h14-21,39H,22-23H2,1-13H3. The summed E-state index contributed by atoms with van der Waals surface area (Å²) in [5.74, 6) is -4.72. The zero-order valence-electron chi connectivity index (χ0n) is 28.8. The van der Waals surface area contributed by atoms with Crippen LogP contribution in [0.1, 0.15) is 108 Å². The van der Waals surface area contributed by atoms with E-state index in [1.54, 1.807) is 46.8 Å². The van der Waals surface area contributed by atoms with E-state index in [2.05, 4.69) is 26.0 Å². The van der Waals surface area contributed by atoms with E-state index >= 15 is 0 Å². The van der Waals surface area contributed by atoms with Gasteiger partial charge in [0.25, 0.3) is 0 Å². The number of rotatable bonds is 10. The molecule has 2 unspecified atom stereocenters. The lowest BCUT2D eigenvalue weighted by Gasteiger charge is -2.31. The maximum Gasteiger partial charge on any atom is 0.386 e. The number of aliphatic hydroxyl groups is 1. The molecule has 244 valence electrons. The third-order valence-electron chi connectivity index (χ3n) is 7.52. The molecule has 0 aromatic heterocycles. The molecule has 1 N–H and O–H groups in total. The Kier molecular flexibility index (Phi) is 9.39. The topological polar surface area (TPSA) is 104 Å². The zero-order valence-corrected chi connectivity index (χ0v) is 28.8. The second kappa shape index (κ2) is 11.7. The van der Waals surface area contributed by atoms with E-state index in [0.29, 0.717) is 12.2 Å². The summed E-state index contributed by atoms with van der Waals surface area (Å²) in [4.78, 5) is 26.3. The summed E-state index contributed by atoms with van der Waals surface area (Å²) in [5, 5.41) is 11.5. The molecule has 1 heterocycles. The number of hydrogen-bond donors (Lipinski definition) is 1. The summed E-state index contributed by atoms with van der Waals surface area (Å²) >= 11 is 0. The molecule has 0 bridgehead atoms. The highest BCUT2D eigenvalue weighted by Gasteiger charge is 2.70. The van der Waals surface area contributed by atoms with E-state index in [4.69, 9.17) is 23.7 Å². The second-order valence-corrected chi connectivity index (χ2v) is 16.1. The van der Waals surface area contributed by atoms with Gasteiger partial charge in [0.1, 0.15) is 22.7 Å². The SMILES string of the molecule is CC(C)(C)CC1(OC(=O)C(O)(COc2ccc(C(C)(C)c3ccc(OC(C)(C)C)cc3)cc2)OC(=O)C(C)(C)C)OC1(C)C. The minimum Gasteiger partial charge on any atom is -0.488 e. The van der Waals surface area contributed by atoms with E-state index in [-0.39, 0.29) is 16.4 Å². The molecular weight excluding hydrogens is 560 g/mol. The Morgan fingerprint density at radius 2 is 1.20 bits per heavy atom. The first-order valence-corrected chi connectivity index (χ1v) is 15.2. The van der Waals surface area contributed by atoms with Gasteiger partial charge in [0.05, 0.1) is 5.41 Å². The molecule has 0 amide bonds. The van der Waals surface area contributed by atoms with Crippen LogP contribution in [-0.4, -0.2) is 46.4 Å². The molecule has 1 fully saturated rings. The minimum absolute atomic E-state index is 0.248. The Balaban J connectivity index is 1.79. The van der Waals surface area contributed by atoms with Crippen LogP contribution in [-0.2, 0) is 29.2 Å². The van der Waals surface area contributed by atoms with Crippen molar-refractivity contribution in [3.63, 3.8) is 0 Å². The van der Waals surface area contributed by atoms with Crippen LogP contribution in [0.2, 0.25) is 0 Å². The van der Waals surface area contributed by atoms with Crippen LogP contribution < -0.4 is 9.47 Å². The Bertz CT molecular complexity index is 1320. The number of ether oxygens (including phenoxy) is 5. The van der Waals surface area contributed by atoms with Crippen molar-refractivity contribution in [2.24, 2.45) is 10.8 Å². The first-order valence-electron chi connectivity index (χ1n) is 15.2. The van der Waals surface area contributed by atoms with Crippen molar-refractivity contribution in [3.8, 4) is 11.5 Å². The normalized spacial score (nSPS) is 19.9. The van der Waals surface area contributed by atoms with Crippen LogP contribution in [0.4, 0.5) is 0 Å². The van der Waals surface area contributed by atoms with Gasteiger partial charge in [-0.2, -0.15) is 0 Å². The van der Waals surface area contributed by atoms with Gasteiger partial charge < -0.3 is 28.8 Å². The maximum atomic E-state index is 13.5. The van der Waals surface area contributed by atoms with E-state index in [9.17, 15) is 14.7 Å². The molecule has 3 rings (SSSR count). The van der Waals surface area contributed by atoms with Gasteiger partial charge in [0.15, 0.2) is 6.61 Å². The molecule has 44 heavy (non-hydrogen) atoms. The Labute approximate surface area is 263 Å². The minimum atomic E-state index is -2.70. The summed E-state index contributed by atoms with van der Waals surface area (Å²) < 4.78 is 28.8. The summed E-state index contributed by atoms with van der Waals surface area (Å²) in [7, 11) is 0. The third kappa shape index (κ3) is 8.54. The number of carbonyl (C=O) groups is 2. The van der Waals surface area contributed by atoms with Crippen LogP contribution in [0.5, 0.6) is 11.5 Å². The van der Waals surface area contributed by atoms with Crippen LogP contribution in [0, 0.1) is 10.8 Å². The monoisotopic (exact) mass is 612 g/mol. The van der Waals surface area contributed by atoms with Gasteiger partial charge >= 0.3 is 17.7 Å². The van der Waals surface area contributed by atoms with Gasteiger partial charge in [-0.25, -0.2) is 4.79 Å². The van der Waals surface area contributed by atoms with Crippen molar-refractivity contribution >= 4 is 11.9 Å². The van der Waals surface area contributed by atoms with E-state index < -0.39 is 41.1 Å². The molecule has 8 nitrogen and oxygen atoms in total. The maximum absolute atomic E-state index is 13.5. The Hall–Kier alpha value is -3.10. The van der Waals surface area contributed by atoms with Gasteiger partial charge in [-0.05, 0) is 96.2 Å². The fraction of sp³-hybridized carbons (Fsp3) is 0.611. The predicted molar refractivity (Wildman–Crippen MR) is 169 cm³/mol. The lowest BCUT2D eigenvalue weighted by molar-refractivity contribution is -0.247. The number of hydrogen-bond acceptors (Lipinski definition) is 8. The van der Waals surface area contributed by atoms with E-state index in [0.717, 1.165) is 16.9 Å². The molecule has 1 aliphatic heterocycles. The van der Waals surface area contributed by atoms with Crippen molar-refractivity contribution < 1.29 is 38.4 Å². The molecule has 0 spiro atoms. The highest BCUT2D eigenvalue weighted by molar-refractivity contribution is 5.84. The molecule has 2 aromatic rings. The van der Waals surface area contributed by atoms with E-state index in [1.807, 2.05) is 65.8 Å². The molecule has 0 saturated carbocycles. The zero-order chi connectivity index (χ0) is 33.6. The summed E-state index contributed by atoms with van der Waals surface area (Å²) in [6.07, 6.45) is 0.381. The lowest BCUT2D eigenvalue weighted by Crippen LogP contribution is -2.53. The fourth-order valence-corrected chi connectivity index (χ4v) is 4.79. The Morgan fingerprint density at radius 1 is 0.750 bits per heavy atom. The molecule has 0 radical (unpaired) electrons. The quantitative estimate of drug-likeness (QED) is 0.169. The summed E-state index contributed by atoms with van der Waals surface area (Å²) in [6, 6.07) is 15.4. The van der Waals surface area contributed by atoms with E-state index in [1.165, 1.54) is 0 Å². The van der Waals surface area contributed by atoms with Crippen molar-refractivity contribution in [1.82, 2.24) is 0 Å². The Morgan fingerprint density at radius 3 is 1.59 bits per heavy atom. The first-order chi connectivity index (χ1) is 19.8. The number of benzene rings is 2. The molecule has 1 aliphatic rings. The highest BCUT2D eigenvalue weighted by atomic mass is 16.8. The summed E-state index contributed by atoms with van der Waals surface area (Å²) in [6.45, 7) is 24.1. The third-order valence-corrected chi connectivity index (χ3v) is 7.52. The number of carbonyl (C=O) groups excluding carboxylic acids is 2. The predicted octanol–water partition coefficient (Wildman–Crippen LogP) is 7.33. The smallest absolute Gasteiger partial charge is 0.386 e. The molecule has 2 atom stereocenters. The molecule has 0 aliphatic carbocycles. The van der Waals surface area contributed by atoms with Crippen molar-refractivity contribution in [2.75, 3.05) is 6.61 Å². The lowest BCUT2D eigenvalue weighted by atomic mass is 9.78. The molecule has 2 aromatic carbocycles. The van der Waals surface area contributed by atoms with Gasteiger partial charge in [0.2, 0.25) is 5.79 Å². The summed E-state index contributed by atoms with van der Waals surface area (Å²) in [5.41, 5.74) is -0.483. The average molecular weight is 613 g/mol. The van der Waals surface area contributed by atoms with Crippen LogP contribution in [0.15, 0.2) is 48.5 Å². The fourth-order valence-electron chi connectivity index (χ4n) is 4.79. The average Bonchev–Trinajstić information content (AvgIpc) is 3.38. The van der Waals surface area contributed by atoms with Gasteiger partial charge in [0, 0.05) is 11.8 Å². The first kappa shape index (κ1) is 35.4. The molecule has 8 heteroatoms. The van der Waals surface area contributed by atoms with Crippen LogP contribution in [0.3, 0.4) is 0 Å². The number of epoxide rings is 1. The highest BCUT2D eigenvalue weighted by Crippen LogP contribution is 2.55. The van der Waals surface area contributed by atoms with Crippen molar-refractivity contribution in [1.29, 1.82) is 0 Å². The van der Waals surface area contributed by atoms with Crippen molar-refractivity contribution in [3.05, 3.63) is 59.7 Å². The van der Waals surface area contributed by atoms with Gasteiger partial charge in [-0.1, -0.05) is 58.9 Å². The molecular formula is C36H52O8. The van der Waals surface area contributed by atoms with Crippen LogP contribution >= 0.6 is 0 Å². The van der Waals surface area contributed by atoms with Gasteiger partial charge in [-0.3, -0.25) is 4.79 Å². The largest absolute Gasteiger partial charge is 0.488 e. The van der Waals surface area contributed by atoms with Gasteiger partial charge in [-0.15, -0.1) is 0 Å². The van der Waals surface area contributed by atoms with Crippen molar-refractivity contribution in [2.45, 2.75) is 125 Å². The molecule has 1 saturated heterocycles. The van der Waals surface area contributed by atoms with Crippen LogP contribution in [0.25, 0.3) is 0 Å². The second-order valence-electron chi connectivity index (χ2n) is 16.1.